The molecule has 0 aliphatic carbocycles. The molecule has 2 aromatic carbocycles. The van der Waals surface area contributed by atoms with Crippen LogP contribution in [0.5, 0.6) is 5.75 Å². The summed E-state index contributed by atoms with van der Waals surface area (Å²) in [5.41, 5.74) is 5.47. The lowest BCUT2D eigenvalue weighted by atomic mass is 10.0. The summed E-state index contributed by atoms with van der Waals surface area (Å²) in [6.07, 6.45) is 4.91. The fraction of sp³-hybridized carbons (Fsp3) is 0.185. The van der Waals surface area contributed by atoms with Crippen LogP contribution in [0.1, 0.15) is 36.0 Å². The number of methoxy groups -OCH3 is 1. The van der Waals surface area contributed by atoms with Crippen molar-refractivity contribution in [3.63, 3.8) is 0 Å². The van der Waals surface area contributed by atoms with E-state index in [1.54, 1.807) is 7.11 Å². The molecule has 5 nitrogen and oxygen atoms in total. The van der Waals surface area contributed by atoms with Gasteiger partial charge in [-0.2, -0.15) is 0 Å². The van der Waals surface area contributed by atoms with Crippen LogP contribution in [-0.4, -0.2) is 21.8 Å². The first-order chi connectivity index (χ1) is 16.2. The molecule has 1 fully saturated rings. The van der Waals surface area contributed by atoms with Crippen molar-refractivity contribution in [2.75, 3.05) is 12.0 Å². The Kier molecular flexibility index (Phi) is 5.84. The number of benzene rings is 2. The molecule has 5 rings (SSSR count). The highest BCUT2D eigenvalue weighted by molar-refractivity contribution is 7.80. The second-order valence-corrected chi connectivity index (χ2v) is 8.41. The molecule has 33 heavy (non-hydrogen) atoms. The Labute approximate surface area is 199 Å². The molecule has 2 aromatic heterocycles. The van der Waals surface area contributed by atoms with Crippen molar-refractivity contribution < 1.29 is 4.74 Å². The van der Waals surface area contributed by atoms with E-state index in [9.17, 15) is 0 Å². The summed E-state index contributed by atoms with van der Waals surface area (Å²) in [5.74, 6) is 0.820. The predicted molar refractivity (Wildman–Crippen MR) is 136 cm³/mol. The molecule has 0 radical (unpaired) electrons. The van der Waals surface area contributed by atoms with Gasteiger partial charge in [0.25, 0.3) is 0 Å². The maximum atomic E-state index is 5.87. The summed E-state index contributed by atoms with van der Waals surface area (Å²) in [6, 6.07) is 26.8. The monoisotopic (exact) mass is 454 g/mol. The number of nitrogens with zero attached hydrogens (tertiary/aromatic N) is 3. The average Bonchev–Trinajstić information content (AvgIpc) is 3.49. The quantitative estimate of drug-likeness (QED) is 0.383. The van der Waals surface area contributed by atoms with Crippen molar-refractivity contribution in [1.82, 2.24) is 14.9 Å². The van der Waals surface area contributed by atoms with E-state index < -0.39 is 0 Å². The van der Waals surface area contributed by atoms with Crippen LogP contribution in [0.2, 0.25) is 0 Å². The van der Waals surface area contributed by atoms with Gasteiger partial charge < -0.3 is 19.5 Å². The van der Waals surface area contributed by atoms with E-state index in [4.69, 9.17) is 17.0 Å². The second-order valence-electron chi connectivity index (χ2n) is 8.02. The number of thiocarbonyl (C=S) groups is 1. The van der Waals surface area contributed by atoms with Crippen LogP contribution in [-0.2, 0) is 6.42 Å². The van der Waals surface area contributed by atoms with E-state index in [2.05, 4.69) is 81.4 Å². The van der Waals surface area contributed by atoms with E-state index >= 15 is 0 Å². The van der Waals surface area contributed by atoms with Crippen molar-refractivity contribution in [2.45, 2.75) is 25.4 Å². The highest BCUT2D eigenvalue weighted by Crippen LogP contribution is 2.42. The highest BCUT2D eigenvalue weighted by Gasteiger charge is 2.42. The Morgan fingerprint density at radius 2 is 1.82 bits per heavy atom. The molecular weight excluding hydrogens is 428 g/mol. The molecule has 0 bridgehead atoms. The zero-order valence-electron chi connectivity index (χ0n) is 18.7. The van der Waals surface area contributed by atoms with Crippen LogP contribution < -0.4 is 15.0 Å². The molecule has 1 aliphatic rings. The van der Waals surface area contributed by atoms with Gasteiger partial charge in [0.1, 0.15) is 11.8 Å². The van der Waals surface area contributed by atoms with E-state index in [0.29, 0.717) is 5.11 Å². The first-order valence-corrected chi connectivity index (χ1v) is 11.5. The van der Waals surface area contributed by atoms with Crippen molar-refractivity contribution >= 4 is 23.0 Å². The molecule has 166 valence electrons. The van der Waals surface area contributed by atoms with Crippen molar-refractivity contribution in [2.24, 2.45) is 0 Å². The molecule has 6 heteroatoms. The van der Waals surface area contributed by atoms with Crippen LogP contribution in [0.25, 0.3) is 5.69 Å². The number of aromatic nitrogens is 2. The van der Waals surface area contributed by atoms with Crippen LogP contribution in [0.15, 0.2) is 91.3 Å². The molecule has 0 unspecified atom stereocenters. The molecule has 0 amide bonds. The van der Waals surface area contributed by atoms with Crippen molar-refractivity contribution in [1.29, 1.82) is 0 Å². The van der Waals surface area contributed by atoms with Gasteiger partial charge in [-0.25, -0.2) is 0 Å². The fourth-order valence-electron chi connectivity index (χ4n) is 4.46. The molecule has 2 atom stereocenters. The number of anilines is 1. The minimum atomic E-state index is -0.0937. The van der Waals surface area contributed by atoms with Crippen LogP contribution >= 0.6 is 12.2 Å². The topological polar surface area (TPSA) is 42.3 Å². The second kappa shape index (κ2) is 9.08. The SMILES string of the molecule is CCc1ccc(N2C(=S)N[C@H](c3ccccn3)[C@@H]2c2cccn2-c2cccc(OC)c2)cc1. The summed E-state index contributed by atoms with van der Waals surface area (Å²) >= 11 is 5.87. The molecule has 0 spiro atoms. The summed E-state index contributed by atoms with van der Waals surface area (Å²) in [6.45, 7) is 2.16. The highest BCUT2D eigenvalue weighted by atomic mass is 32.1. The van der Waals surface area contributed by atoms with E-state index in [1.165, 1.54) is 5.56 Å². The zero-order valence-corrected chi connectivity index (χ0v) is 19.5. The molecular formula is C27H26N4OS. The third-order valence-corrected chi connectivity index (χ3v) is 6.45. The Morgan fingerprint density at radius 3 is 2.55 bits per heavy atom. The number of rotatable bonds is 6. The van der Waals surface area contributed by atoms with E-state index in [1.807, 2.05) is 36.5 Å². The lowest BCUT2D eigenvalue weighted by Crippen LogP contribution is -2.30. The number of hydrogen-bond donors (Lipinski definition) is 1. The third-order valence-electron chi connectivity index (χ3n) is 6.14. The maximum Gasteiger partial charge on any atom is 0.174 e. The van der Waals surface area contributed by atoms with Gasteiger partial charge in [-0.3, -0.25) is 4.98 Å². The Morgan fingerprint density at radius 1 is 0.970 bits per heavy atom. The molecule has 0 saturated carbocycles. The van der Waals surface area contributed by atoms with Gasteiger partial charge in [0, 0.05) is 35.5 Å². The number of pyridine rings is 1. The van der Waals surface area contributed by atoms with Crippen molar-refractivity contribution in [3.05, 3.63) is 108 Å². The van der Waals surface area contributed by atoms with Gasteiger partial charge in [0.05, 0.1) is 18.8 Å². The normalized spacial score (nSPS) is 17.8. The summed E-state index contributed by atoms with van der Waals surface area (Å²) in [7, 11) is 1.69. The Bertz CT molecular complexity index is 1250. The van der Waals surface area contributed by atoms with Crippen molar-refractivity contribution in [3.8, 4) is 11.4 Å². The summed E-state index contributed by atoms with van der Waals surface area (Å²) in [4.78, 5) is 6.87. The standard InChI is InChI=1S/C27H26N4OS/c1-3-19-12-14-20(15-13-19)31-26(25(29-27(31)33)23-10-4-5-16-28-23)24-11-7-17-30(24)21-8-6-9-22(18-21)32-2/h4-18,25-26H,3H2,1-2H3,(H,29,33)/t25-,26+/m1/s1. The summed E-state index contributed by atoms with van der Waals surface area (Å²) in [5, 5.41) is 4.24. The first kappa shape index (κ1) is 21.2. The minimum absolute atomic E-state index is 0.0823. The van der Waals surface area contributed by atoms with E-state index in [-0.39, 0.29) is 12.1 Å². The third kappa shape index (κ3) is 3.98. The lowest BCUT2D eigenvalue weighted by Gasteiger charge is -2.29. The van der Waals surface area contributed by atoms with Gasteiger partial charge in [-0.05, 0) is 72.7 Å². The average molecular weight is 455 g/mol. The number of aryl methyl sites for hydroxylation is 1. The zero-order chi connectivity index (χ0) is 22.8. The van der Waals surface area contributed by atoms with E-state index in [0.717, 1.165) is 34.9 Å². The largest absolute Gasteiger partial charge is 0.497 e. The molecule has 1 N–H and O–H groups in total. The van der Waals surface area contributed by atoms with Gasteiger partial charge >= 0.3 is 0 Å². The minimum Gasteiger partial charge on any atom is -0.497 e. The Balaban J connectivity index is 1.64. The predicted octanol–water partition coefficient (Wildman–Crippen LogP) is 5.62. The number of hydrogen-bond acceptors (Lipinski definition) is 3. The number of nitrogens with one attached hydrogen (secondary N) is 1. The van der Waals surface area contributed by atoms with Gasteiger partial charge in [-0.1, -0.05) is 31.2 Å². The molecule has 4 aromatic rings. The van der Waals surface area contributed by atoms with Gasteiger partial charge in [0.15, 0.2) is 5.11 Å². The lowest BCUT2D eigenvalue weighted by molar-refractivity contribution is 0.414. The Hall–Kier alpha value is -3.64. The maximum absolute atomic E-state index is 5.87. The van der Waals surface area contributed by atoms with Crippen LogP contribution in [0.4, 0.5) is 5.69 Å². The molecule has 1 aliphatic heterocycles. The molecule has 3 heterocycles. The smallest absolute Gasteiger partial charge is 0.174 e. The van der Waals surface area contributed by atoms with Crippen LogP contribution in [0, 0.1) is 0 Å². The molecule has 1 saturated heterocycles. The first-order valence-electron chi connectivity index (χ1n) is 11.1. The number of ether oxygens (including phenoxy) is 1. The fourth-order valence-corrected chi connectivity index (χ4v) is 4.80. The summed E-state index contributed by atoms with van der Waals surface area (Å²) < 4.78 is 7.67. The van der Waals surface area contributed by atoms with Gasteiger partial charge in [-0.15, -0.1) is 0 Å². The van der Waals surface area contributed by atoms with Crippen LogP contribution in [0.3, 0.4) is 0 Å². The van der Waals surface area contributed by atoms with Gasteiger partial charge in [0.2, 0.25) is 0 Å².